The lowest BCUT2D eigenvalue weighted by molar-refractivity contribution is -0.118. The average Bonchev–Trinajstić information content (AvgIpc) is 3.24. The largest absolute Gasteiger partial charge is 0.467 e. The third-order valence-corrected chi connectivity index (χ3v) is 3.32. The maximum atomic E-state index is 11.7. The molecule has 21 heavy (non-hydrogen) atoms. The molecule has 0 fully saturated rings. The first kappa shape index (κ1) is 13.5. The SMILES string of the molecule is O=C(CSc1nnc(-c2ccco2)o1)NCc1ccco1. The number of hydrogen-bond acceptors (Lipinski definition) is 7. The Morgan fingerprint density at radius 3 is 2.81 bits per heavy atom. The number of hydrogen-bond donors (Lipinski definition) is 1. The second kappa shape index (κ2) is 6.31. The zero-order chi connectivity index (χ0) is 14.5. The fourth-order valence-corrected chi connectivity index (χ4v) is 2.14. The molecule has 0 spiro atoms. The molecule has 0 aromatic carbocycles. The van der Waals surface area contributed by atoms with Gasteiger partial charge < -0.3 is 18.6 Å². The van der Waals surface area contributed by atoms with Crippen molar-refractivity contribution in [1.82, 2.24) is 15.5 Å². The molecule has 1 N–H and O–H groups in total. The van der Waals surface area contributed by atoms with Crippen LogP contribution in [0.3, 0.4) is 0 Å². The molecule has 1 amide bonds. The van der Waals surface area contributed by atoms with Crippen molar-refractivity contribution in [3.63, 3.8) is 0 Å². The van der Waals surface area contributed by atoms with Gasteiger partial charge in [-0.2, -0.15) is 0 Å². The summed E-state index contributed by atoms with van der Waals surface area (Å²) in [6.45, 7) is 0.355. The zero-order valence-corrected chi connectivity index (χ0v) is 11.6. The summed E-state index contributed by atoms with van der Waals surface area (Å²) in [5.41, 5.74) is 0. The van der Waals surface area contributed by atoms with Gasteiger partial charge >= 0.3 is 0 Å². The molecule has 0 saturated heterocycles. The van der Waals surface area contributed by atoms with Crippen LogP contribution in [0.5, 0.6) is 0 Å². The molecular weight excluding hydrogens is 294 g/mol. The van der Waals surface area contributed by atoms with Crippen molar-refractivity contribution in [2.45, 2.75) is 11.8 Å². The van der Waals surface area contributed by atoms with Gasteiger partial charge in [0.25, 0.3) is 11.1 Å². The van der Waals surface area contributed by atoms with Crippen molar-refractivity contribution >= 4 is 17.7 Å². The van der Waals surface area contributed by atoms with Gasteiger partial charge in [-0.25, -0.2) is 0 Å². The molecule has 0 bridgehead atoms. The van der Waals surface area contributed by atoms with Crippen LogP contribution in [-0.4, -0.2) is 21.9 Å². The van der Waals surface area contributed by atoms with Crippen molar-refractivity contribution in [3.05, 3.63) is 42.6 Å². The van der Waals surface area contributed by atoms with E-state index in [-0.39, 0.29) is 11.7 Å². The highest BCUT2D eigenvalue weighted by Gasteiger charge is 2.12. The molecule has 0 unspecified atom stereocenters. The van der Waals surface area contributed by atoms with Gasteiger partial charge in [0.05, 0.1) is 24.8 Å². The van der Waals surface area contributed by atoms with E-state index in [0.29, 0.717) is 29.2 Å². The minimum Gasteiger partial charge on any atom is -0.467 e. The van der Waals surface area contributed by atoms with Gasteiger partial charge in [0, 0.05) is 0 Å². The Morgan fingerprint density at radius 1 is 1.19 bits per heavy atom. The van der Waals surface area contributed by atoms with E-state index in [1.54, 1.807) is 30.5 Å². The van der Waals surface area contributed by atoms with E-state index < -0.39 is 0 Å². The first-order valence-electron chi connectivity index (χ1n) is 6.10. The number of amides is 1. The summed E-state index contributed by atoms with van der Waals surface area (Å²) in [6.07, 6.45) is 3.08. The molecule has 3 heterocycles. The van der Waals surface area contributed by atoms with E-state index in [0.717, 1.165) is 11.8 Å². The predicted molar refractivity (Wildman–Crippen MR) is 73.3 cm³/mol. The van der Waals surface area contributed by atoms with Crippen molar-refractivity contribution in [2.24, 2.45) is 0 Å². The standard InChI is InChI=1S/C13H11N3O4S/c17-11(14-7-9-3-1-5-18-9)8-21-13-16-15-12(20-13)10-4-2-6-19-10/h1-6H,7-8H2,(H,14,17). The number of carbonyl (C=O) groups excluding carboxylic acids is 1. The maximum absolute atomic E-state index is 11.7. The quantitative estimate of drug-likeness (QED) is 0.698. The maximum Gasteiger partial charge on any atom is 0.284 e. The van der Waals surface area contributed by atoms with E-state index in [1.165, 1.54) is 6.26 Å². The summed E-state index contributed by atoms with van der Waals surface area (Å²) >= 11 is 1.16. The Morgan fingerprint density at radius 2 is 2.05 bits per heavy atom. The average molecular weight is 305 g/mol. The summed E-state index contributed by atoms with van der Waals surface area (Å²) in [5, 5.41) is 10.7. The van der Waals surface area contributed by atoms with Gasteiger partial charge in [-0.3, -0.25) is 4.79 Å². The molecule has 3 aromatic rings. The van der Waals surface area contributed by atoms with Crippen LogP contribution in [0.25, 0.3) is 11.7 Å². The van der Waals surface area contributed by atoms with Crippen LogP contribution in [0.4, 0.5) is 0 Å². The van der Waals surface area contributed by atoms with Gasteiger partial charge in [-0.1, -0.05) is 11.8 Å². The molecule has 0 aliphatic rings. The molecule has 3 aromatic heterocycles. The minimum absolute atomic E-state index is 0.144. The summed E-state index contributed by atoms with van der Waals surface area (Å²) in [4.78, 5) is 11.7. The number of furan rings is 2. The second-order valence-electron chi connectivity index (χ2n) is 4.00. The Labute approximate surface area is 123 Å². The number of carbonyl (C=O) groups is 1. The summed E-state index contributed by atoms with van der Waals surface area (Å²) < 4.78 is 15.6. The molecule has 0 aliphatic carbocycles. The summed E-state index contributed by atoms with van der Waals surface area (Å²) in [7, 11) is 0. The highest BCUT2D eigenvalue weighted by molar-refractivity contribution is 7.99. The van der Waals surface area contributed by atoms with Crippen LogP contribution in [0, 0.1) is 0 Å². The van der Waals surface area contributed by atoms with E-state index >= 15 is 0 Å². The van der Waals surface area contributed by atoms with Crippen molar-refractivity contribution in [3.8, 4) is 11.7 Å². The number of thioether (sulfide) groups is 1. The smallest absolute Gasteiger partial charge is 0.284 e. The van der Waals surface area contributed by atoms with Crippen molar-refractivity contribution < 1.29 is 18.0 Å². The Balaban J connectivity index is 1.47. The Kier molecular flexibility index (Phi) is 4.06. The Hall–Kier alpha value is -2.48. The number of aromatic nitrogens is 2. The number of nitrogens with one attached hydrogen (secondary N) is 1. The lowest BCUT2D eigenvalue weighted by Gasteiger charge is -2.00. The van der Waals surface area contributed by atoms with Crippen LogP contribution >= 0.6 is 11.8 Å². The molecule has 0 atom stereocenters. The minimum atomic E-state index is -0.144. The second-order valence-corrected chi connectivity index (χ2v) is 4.92. The van der Waals surface area contributed by atoms with E-state index in [1.807, 2.05) is 0 Å². The van der Waals surface area contributed by atoms with Gasteiger partial charge in [0.1, 0.15) is 5.76 Å². The molecule has 108 valence electrons. The topological polar surface area (TPSA) is 94.3 Å². The highest BCUT2D eigenvalue weighted by Crippen LogP contribution is 2.23. The van der Waals surface area contributed by atoms with Gasteiger partial charge in [0.15, 0.2) is 5.76 Å². The lowest BCUT2D eigenvalue weighted by Crippen LogP contribution is -2.24. The van der Waals surface area contributed by atoms with Gasteiger partial charge in [-0.15, -0.1) is 10.2 Å². The normalized spacial score (nSPS) is 10.7. The first-order valence-corrected chi connectivity index (χ1v) is 7.09. The fourth-order valence-electron chi connectivity index (χ4n) is 1.55. The van der Waals surface area contributed by atoms with Crippen molar-refractivity contribution in [1.29, 1.82) is 0 Å². The summed E-state index contributed by atoms with van der Waals surface area (Å²) in [5.74, 6) is 1.52. The van der Waals surface area contributed by atoms with Crippen LogP contribution in [0.2, 0.25) is 0 Å². The van der Waals surface area contributed by atoms with Crippen molar-refractivity contribution in [2.75, 3.05) is 5.75 Å². The van der Waals surface area contributed by atoms with Crippen LogP contribution in [-0.2, 0) is 11.3 Å². The van der Waals surface area contributed by atoms with Crippen LogP contribution < -0.4 is 5.32 Å². The molecule has 0 aliphatic heterocycles. The number of nitrogens with zero attached hydrogens (tertiary/aromatic N) is 2. The monoisotopic (exact) mass is 305 g/mol. The van der Waals surface area contributed by atoms with Gasteiger partial charge in [0.2, 0.25) is 5.91 Å². The third-order valence-electron chi connectivity index (χ3n) is 2.51. The zero-order valence-electron chi connectivity index (χ0n) is 10.8. The van der Waals surface area contributed by atoms with E-state index in [9.17, 15) is 4.79 Å². The molecule has 8 heteroatoms. The summed E-state index contributed by atoms with van der Waals surface area (Å²) in [6, 6.07) is 7.01. The lowest BCUT2D eigenvalue weighted by atomic mass is 10.4. The van der Waals surface area contributed by atoms with E-state index in [4.69, 9.17) is 13.3 Å². The first-order chi connectivity index (χ1) is 10.3. The molecule has 0 radical (unpaired) electrons. The van der Waals surface area contributed by atoms with E-state index in [2.05, 4.69) is 15.5 Å². The number of rotatable bonds is 6. The van der Waals surface area contributed by atoms with Crippen LogP contribution in [0.15, 0.2) is 55.3 Å². The predicted octanol–water partition coefficient (Wildman–Crippen LogP) is 2.33. The molecule has 7 nitrogen and oxygen atoms in total. The fraction of sp³-hybridized carbons (Fsp3) is 0.154. The highest BCUT2D eigenvalue weighted by atomic mass is 32.2. The van der Waals surface area contributed by atoms with Gasteiger partial charge in [-0.05, 0) is 24.3 Å². The Bertz CT molecular complexity index is 691. The third kappa shape index (κ3) is 3.54. The molecule has 0 saturated carbocycles. The van der Waals surface area contributed by atoms with Crippen LogP contribution in [0.1, 0.15) is 5.76 Å². The molecular formula is C13H11N3O4S. The molecule has 3 rings (SSSR count).